The molecule has 0 fully saturated rings. The summed E-state index contributed by atoms with van der Waals surface area (Å²) in [6, 6.07) is 9.09. The maximum Gasteiger partial charge on any atom is 0.363 e. The Kier molecular flexibility index (Phi) is 6.53. The van der Waals surface area contributed by atoms with Crippen LogP contribution in [-0.2, 0) is 14.3 Å². The van der Waals surface area contributed by atoms with E-state index in [1.165, 1.54) is 18.9 Å². The van der Waals surface area contributed by atoms with Crippen LogP contribution in [0.5, 0.6) is 5.75 Å². The molecule has 1 aromatic carbocycles. The highest BCUT2D eigenvalue weighted by molar-refractivity contribution is 5.92. The van der Waals surface area contributed by atoms with Crippen molar-refractivity contribution in [1.82, 2.24) is 15.1 Å². The van der Waals surface area contributed by atoms with Gasteiger partial charge in [0, 0.05) is 13.2 Å². The third-order valence-electron chi connectivity index (χ3n) is 3.27. The number of aromatic nitrogens is 2. The van der Waals surface area contributed by atoms with Crippen LogP contribution < -0.4 is 10.1 Å². The van der Waals surface area contributed by atoms with Crippen LogP contribution in [0.15, 0.2) is 36.5 Å². The van der Waals surface area contributed by atoms with Gasteiger partial charge in [-0.05, 0) is 19.1 Å². The fraction of sp³-hybridized carbons (Fsp3) is 0.353. The molecule has 25 heavy (non-hydrogen) atoms. The molecule has 0 spiro atoms. The lowest BCUT2D eigenvalue weighted by Crippen LogP contribution is -2.38. The van der Waals surface area contributed by atoms with Crippen molar-refractivity contribution in [1.29, 1.82) is 0 Å². The SMILES string of the molecule is COC[C@@H](C)NC(=O)COC(=O)c1nn(-c2ccccc2)cc1OC. The lowest BCUT2D eigenvalue weighted by molar-refractivity contribution is -0.125. The number of nitrogens with one attached hydrogen (secondary N) is 1. The number of nitrogens with zero attached hydrogens (tertiary/aromatic N) is 2. The van der Waals surface area contributed by atoms with E-state index in [4.69, 9.17) is 14.2 Å². The number of hydrogen-bond acceptors (Lipinski definition) is 6. The summed E-state index contributed by atoms with van der Waals surface area (Å²) in [6.07, 6.45) is 1.58. The molecule has 1 aromatic heterocycles. The van der Waals surface area contributed by atoms with Crippen LogP contribution >= 0.6 is 0 Å². The fourth-order valence-corrected chi connectivity index (χ4v) is 2.17. The Hall–Kier alpha value is -2.87. The molecule has 0 aliphatic heterocycles. The number of hydrogen-bond donors (Lipinski definition) is 1. The smallest absolute Gasteiger partial charge is 0.363 e. The van der Waals surface area contributed by atoms with E-state index in [9.17, 15) is 9.59 Å². The zero-order valence-corrected chi connectivity index (χ0v) is 14.4. The minimum absolute atomic E-state index is 0.00379. The maximum atomic E-state index is 12.2. The van der Waals surface area contributed by atoms with Crippen molar-refractivity contribution in [3.63, 3.8) is 0 Å². The average Bonchev–Trinajstić information content (AvgIpc) is 3.05. The van der Waals surface area contributed by atoms with Gasteiger partial charge in [0.2, 0.25) is 5.69 Å². The highest BCUT2D eigenvalue weighted by atomic mass is 16.5. The first kappa shape index (κ1) is 18.5. The molecule has 2 rings (SSSR count). The Morgan fingerprint density at radius 2 is 1.96 bits per heavy atom. The van der Waals surface area contributed by atoms with Crippen molar-refractivity contribution >= 4 is 11.9 Å². The molecule has 0 aliphatic rings. The van der Waals surface area contributed by atoms with E-state index >= 15 is 0 Å². The van der Waals surface area contributed by atoms with Gasteiger partial charge in [-0.2, -0.15) is 5.10 Å². The first-order valence-corrected chi connectivity index (χ1v) is 7.69. The second-order valence-electron chi connectivity index (χ2n) is 5.33. The second kappa shape index (κ2) is 8.84. The highest BCUT2D eigenvalue weighted by Gasteiger charge is 2.21. The molecule has 8 nitrogen and oxygen atoms in total. The third kappa shape index (κ3) is 5.05. The zero-order valence-electron chi connectivity index (χ0n) is 14.4. The first-order chi connectivity index (χ1) is 12.0. The molecule has 0 radical (unpaired) electrons. The largest absolute Gasteiger partial charge is 0.493 e. The van der Waals surface area contributed by atoms with Crippen molar-refractivity contribution < 1.29 is 23.8 Å². The monoisotopic (exact) mass is 347 g/mol. The normalized spacial score (nSPS) is 11.6. The van der Waals surface area contributed by atoms with Gasteiger partial charge in [0.15, 0.2) is 12.4 Å². The molecule has 1 atom stereocenters. The van der Waals surface area contributed by atoms with Gasteiger partial charge in [0.1, 0.15) is 0 Å². The van der Waals surface area contributed by atoms with Gasteiger partial charge in [0.05, 0.1) is 25.6 Å². The molecule has 0 aliphatic carbocycles. The highest BCUT2D eigenvalue weighted by Crippen LogP contribution is 2.20. The van der Waals surface area contributed by atoms with Crippen molar-refractivity contribution in [2.45, 2.75) is 13.0 Å². The minimum Gasteiger partial charge on any atom is -0.493 e. The van der Waals surface area contributed by atoms with Crippen LogP contribution in [-0.4, -0.2) is 55.1 Å². The molecule has 1 heterocycles. The zero-order chi connectivity index (χ0) is 18.2. The fourth-order valence-electron chi connectivity index (χ4n) is 2.17. The van der Waals surface area contributed by atoms with Crippen LogP contribution in [0, 0.1) is 0 Å². The quantitative estimate of drug-likeness (QED) is 0.721. The summed E-state index contributed by atoms with van der Waals surface area (Å²) >= 11 is 0. The average molecular weight is 347 g/mol. The van der Waals surface area contributed by atoms with Crippen LogP contribution in [0.25, 0.3) is 5.69 Å². The van der Waals surface area contributed by atoms with Crippen molar-refractivity contribution in [2.24, 2.45) is 0 Å². The molecule has 134 valence electrons. The Bertz CT molecular complexity index is 714. The summed E-state index contributed by atoms with van der Waals surface area (Å²) in [5, 5.41) is 6.83. The summed E-state index contributed by atoms with van der Waals surface area (Å²) in [7, 11) is 2.97. The number of ether oxygens (including phenoxy) is 3. The van der Waals surface area contributed by atoms with Gasteiger partial charge >= 0.3 is 5.97 Å². The molecular weight excluding hydrogens is 326 g/mol. The number of carbonyl (C=O) groups excluding carboxylic acids is 2. The summed E-state index contributed by atoms with van der Waals surface area (Å²) in [6.45, 7) is 1.75. The van der Waals surface area contributed by atoms with E-state index in [0.717, 1.165) is 5.69 Å². The molecule has 8 heteroatoms. The third-order valence-corrected chi connectivity index (χ3v) is 3.27. The summed E-state index contributed by atoms with van der Waals surface area (Å²) in [5.74, 6) is -0.887. The minimum atomic E-state index is -0.735. The summed E-state index contributed by atoms with van der Waals surface area (Å²) < 4.78 is 16.6. The van der Waals surface area contributed by atoms with Crippen LogP contribution in [0.4, 0.5) is 0 Å². The number of methoxy groups -OCH3 is 2. The molecule has 0 unspecified atom stereocenters. The molecule has 0 saturated carbocycles. The number of rotatable bonds is 8. The molecule has 1 amide bonds. The van der Waals surface area contributed by atoms with Crippen molar-refractivity contribution in [3.05, 3.63) is 42.2 Å². The predicted molar refractivity (Wildman–Crippen MR) is 89.9 cm³/mol. The van der Waals surface area contributed by atoms with Crippen molar-refractivity contribution in [3.8, 4) is 11.4 Å². The Labute approximate surface area is 145 Å². The van der Waals surface area contributed by atoms with E-state index in [2.05, 4.69) is 10.4 Å². The lowest BCUT2D eigenvalue weighted by Gasteiger charge is -2.12. The van der Waals surface area contributed by atoms with Crippen LogP contribution in [0.2, 0.25) is 0 Å². The lowest BCUT2D eigenvalue weighted by atomic mass is 10.3. The molecule has 2 aromatic rings. The second-order valence-corrected chi connectivity index (χ2v) is 5.33. The predicted octanol–water partition coefficient (Wildman–Crippen LogP) is 1.19. The van der Waals surface area contributed by atoms with Gasteiger partial charge in [-0.1, -0.05) is 18.2 Å². The Balaban J connectivity index is 2.02. The summed E-state index contributed by atoms with van der Waals surface area (Å²) in [4.78, 5) is 23.9. The van der Waals surface area contributed by atoms with Gasteiger partial charge < -0.3 is 19.5 Å². The Morgan fingerprint density at radius 1 is 1.24 bits per heavy atom. The number of amides is 1. The van der Waals surface area contributed by atoms with Gasteiger partial charge in [-0.15, -0.1) is 0 Å². The standard InChI is InChI=1S/C17H21N3O5/c1-12(10-23-2)18-15(21)11-25-17(22)16-14(24-3)9-20(19-16)13-7-5-4-6-8-13/h4-9,12H,10-11H2,1-3H3,(H,18,21)/t12-/m1/s1. The van der Waals surface area contributed by atoms with E-state index in [1.807, 2.05) is 30.3 Å². The number of carbonyl (C=O) groups is 2. The van der Waals surface area contributed by atoms with Crippen molar-refractivity contribution in [2.75, 3.05) is 27.4 Å². The number of esters is 1. The maximum absolute atomic E-state index is 12.2. The van der Waals surface area contributed by atoms with E-state index in [0.29, 0.717) is 6.61 Å². The molecular formula is C17H21N3O5. The summed E-state index contributed by atoms with van der Waals surface area (Å²) in [5.41, 5.74) is 0.773. The van der Waals surface area contributed by atoms with E-state index in [-0.39, 0.29) is 17.5 Å². The van der Waals surface area contributed by atoms with E-state index in [1.54, 1.807) is 13.1 Å². The molecule has 1 N–H and O–H groups in total. The van der Waals surface area contributed by atoms with Crippen LogP contribution in [0.3, 0.4) is 0 Å². The van der Waals surface area contributed by atoms with E-state index < -0.39 is 18.5 Å². The van der Waals surface area contributed by atoms with Gasteiger partial charge in [0.25, 0.3) is 5.91 Å². The molecule has 0 saturated heterocycles. The van der Waals surface area contributed by atoms with Gasteiger partial charge in [-0.3, -0.25) is 4.79 Å². The number of benzene rings is 1. The first-order valence-electron chi connectivity index (χ1n) is 7.69. The topological polar surface area (TPSA) is 91.7 Å². The van der Waals surface area contributed by atoms with Gasteiger partial charge in [-0.25, -0.2) is 9.48 Å². The number of para-hydroxylation sites is 1. The Morgan fingerprint density at radius 3 is 2.60 bits per heavy atom. The van der Waals surface area contributed by atoms with Crippen LogP contribution in [0.1, 0.15) is 17.4 Å². The molecule has 0 bridgehead atoms.